The molecule has 2 rings (SSSR count). The van der Waals surface area contributed by atoms with Gasteiger partial charge in [0.25, 0.3) is 0 Å². The van der Waals surface area contributed by atoms with Gasteiger partial charge in [-0.15, -0.1) is 0 Å². The molecular weight excluding hydrogens is 184 g/mol. The zero-order chi connectivity index (χ0) is 10.7. The summed E-state index contributed by atoms with van der Waals surface area (Å²) in [6.07, 6.45) is 3.53. The number of rotatable bonds is 2. The predicted molar refractivity (Wildman–Crippen MR) is 63.6 cm³/mol. The van der Waals surface area contributed by atoms with Crippen molar-refractivity contribution in [2.24, 2.45) is 5.73 Å². The number of benzene rings is 1. The fraction of sp³-hybridized carbons (Fsp3) is 0.538. The van der Waals surface area contributed by atoms with Crippen molar-refractivity contribution in [2.75, 3.05) is 0 Å². The molecule has 3 atom stereocenters. The zero-order valence-corrected chi connectivity index (χ0v) is 9.32. The van der Waals surface area contributed by atoms with Crippen molar-refractivity contribution in [1.29, 1.82) is 0 Å². The maximum Gasteiger partial charge on any atom is 0.0475 e. The van der Waals surface area contributed by atoms with Gasteiger partial charge in [-0.1, -0.05) is 37.3 Å². The van der Waals surface area contributed by atoms with Crippen LogP contribution in [0.4, 0.5) is 0 Å². The van der Waals surface area contributed by atoms with Crippen LogP contribution in [0.15, 0.2) is 30.3 Å². The monoisotopic (exact) mass is 204 g/mol. The van der Waals surface area contributed by atoms with Crippen molar-refractivity contribution >= 4 is 0 Å². The number of piperidine rings is 1. The van der Waals surface area contributed by atoms with Crippen molar-refractivity contribution in [3.63, 3.8) is 0 Å². The van der Waals surface area contributed by atoms with Crippen LogP contribution in [-0.2, 0) is 0 Å². The van der Waals surface area contributed by atoms with Crippen LogP contribution in [0.1, 0.15) is 37.8 Å². The minimum absolute atomic E-state index is 0.259. The van der Waals surface area contributed by atoms with Gasteiger partial charge in [0.2, 0.25) is 0 Å². The molecule has 1 aliphatic rings. The molecule has 82 valence electrons. The van der Waals surface area contributed by atoms with Crippen LogP contribution < -0.4 is 11.1 Å². The third-order valence-electron chi connectivity index (χ3n) is 3.34. The highest BCUT2D eigenvalue weighted by molar-refractivity contribution is 5.21. The van der Waals surface area contributed by atoms with E-state index in [9.17, 15) is 0 Å². The normalized spacial score (nSPS) is 31.5. The summed E-state index contributed by atoms with van der Waals surface area (Å²) >= 11 is 0. The Kier molecular flexibility index (Phi) is 3.39. The van der Waals surface area contributed by atoms with E-state index in [1.807, 2.05) is 0 Å². The first kappa shape index (κ1) is 10.7. The molecule has 15 heavy (non-hydrogen) atoms. The minimum atomic E-state index is 0.259. The quantitative estimate of drug-likeness (QED) is 0.775. The molecule has 1 saturated heterocycles. The Labute approximate surface area is 91.9 Å². The first-order valence-electron chi connectivity index (χ1n) is 5.88. The van der Waals surface area contributed by atoms with E-state index in [0.717, 1.165) is 6.42 Å². The van der Waals surface area contributed by atoms with Gasteiger partial charge in [0.15, 0.2) is 0 Å². The molecule has 0 aliphatic carbocycles. The van der Waals surface area contributed by atoms with Gasteiger partial charge >= 0.3 is 0 Å². The first-order valence-corrected chi connectivity index (χ1v) is 5.88. The van der Waals surface area contributed by atoms with Crippen molar-refractivity contribution in [3.8, 4) is 0 Å². The molecule has 0 bridgehead atoms. The van der Waals surface area contributed by atoms with Crippen LogP contribution >= 0.6 is 0 Å². The molecule has 0 saturated carbocycles. The Hall–Kier alpha value is -0.860. The molecule has 0 amide bonds. The fourth-order valence-electron chi connectivity index (χ4n) is 2.35. The highest BCUT2D eigenvalue weighted by Gasteiger charge is 2.27. The second kappa shape index (κ2) is 4.77. The summed E-state index contributed by atoms with van der Waals surface area (Å²) in [6, 6.07) is 11.8. The highest BCUT2D eigenvalue weighted by Crippen LogP contribution is 2.25. The van der Waals surface area contributed by atoms with Crippen LogP contribution in [0.2, 0.25) is 0 Å². The molecule has 0 aromatic heterocycles. The number of nitrogens with two attached hydrogens (primary N) is 1. The van der Waals surface area contributed by atoms with Gasteiger partial charge in [0.1, 0.15) is 0 Å². The third-order valence-corrected chi connectivity index (χ3v) is 3.34. The molecule has 3 N–H and O–H groups in total. The Balaban J connectivity index is 2.13. The van der Waals surface area contributed by atoms with Gasteiger partial charge in [0.05, 0.1) is 0 Å². The lowest BCUT2D eigenvalue weighted by Gasteiger charge is -2.35. The predicted octanol–water partition coefficient (Wildman–Crippen LogP) is 2.22. The van der Waals surface area contributed by atoms with Gasteiger partial charge in [-0.25, -0.2) is 0 Å². The molecule has 0 radical (unpaired) electrons. The lowest BCUT2D eigenvalue weighted by atomic mass is 9.89. The smallest absolute Gasteiger partial charge is 0.0475 e. The molecule has 1 aromatic carbocycles. The van der Waals surface area contributed by atoms with Gasteiger partial charge in [-0.3, -0.25) is 0 Å². The molecule has 2 nitrogen and oxygen atoms in total. The molecule has 1 aromatic rings. The van der Waals surface area contributed by atoms with Crippen LogP contribution in [-0.4, -0.2) is 12.1 Å². The zero-order valence-electron chi connectivity index (χ0n) is 9.32. The maximum absolute atomic E-state index is 6.17. The highest BCUT2D eigenvalue weighted by atomic mass is 15.0. The third kappa shape index (κ3) is 2.39. The Morgan fingerprint density at radius 2 is 2.00 bits per heavy atom. The molecule has 1 heterocycles. The van der Waals surface area contributed by atoms with E-state index in [-0.39, 0.29) is 6.04 Å². The van der Waals surface area contributed by atoms with E-state index < -0.39 is 0 Å². The fourth-order valence-corrected chi connectivity index (χ4v) is 2.35. The molecule has 2 heteroatoms. The summed E-state index contributed by atoms with van der Waals surface area (Å²) in [6.45, 7) is 2.23. The van der Waals surface area contributed by atoms with Crippen LogP contribution in [0.25, 0.3) is 0 Å². The molecule has 1 fully saturated rings. The van der Waals surface area contributed by atoms with Crippen LogP contribution in [0.5, 0.6) is 0 Å². The molecular formula is C13H20N2. The minimum Gasteiger partial charge on any atom is -0.326 e. The number of hydrogen-bond donors (Lipinski definition) is 2. The SMILES string of the molecule is CC[C@@H]1CC[C@@H](N)[C@H](c2ccccc2)N1. The standard InChI is InChI=1S/C13H20N2/c1-2-11-8-9-12(14)13(15-11)10-6-4-3-5-7-10/h3-7,11-13,15H,2,8-9,14H2,1H3/t11-,12-,13+/m1/s1. The van der Waals surface area contributed by atoms with Crippen LogP contribution in [0.3, 0.4) is 0 Å². The van der Waals surface area contributed by atoms with Gasteiger partial charge in [-0.05, 0) is 24.8 Å². The number of nitrogens with one attached hydrogen (secondary N) is 1. The molecule has 0 unspecified atom stereocenters. The van der Waals surface area contributed by atoms with E-state index in [4.69, 9.17) is 5.73 Å². The summed E-state index contributed by atoms with van der Waals surface area (Å²) in [7, 11) is 0. The summed E-state index contributed by atoms with van der Waals surface area (Å²) in [5.74, 6) is 0. The van der Waals surface area contributed by atoms with Crippen LogP contribution in [0, 0.1) is 0 Å². The second-order valence-electron chi connectivity index (χ2n) is 4.40. The van der Waals surface area contributed by atoms with E-state index in [0.29, 0.717) is 12.1 Å². The van der Waals surface area contributed by atoms with Crippen molar-refractivity contribution in [2.45, 2.75) is 44.3 Å². The summed E-state index contributed by atoms with van der Waals surface area (Å²) in [5.41, 5.74) is 7.49. The largest absolute Gasteiger partial charge is 0.326 e. The van der Waals surface area contributed by atoms with E-state index >= 15 is 0 Å². The Morgan fingerprint density at radius 3 is 2.67 bits per heavy atom. The summed E-state index contributed by atoms with van der Waals surface area (Å²) < 4.78 is 0. The topological polar surface area (TPSA) is 38.0 Å². The second-order valence-corrected chi connectivity index (χ2v) is 4.40. The average molecular weight is 204 g/mol. The molecule has 0 spiro atoms. The number of hydrogen-bond acceptors (Lipinski definition) is 2. The van der Waals surface area contributed by atoms with Gasteiger partial charge < -0.3 is 11.1 Å². The molecule has 1 aliphatic heterocycles. The first-order chi connectivity index (χ1) is 7.31. The van der Waals surface area contributed by atoms with E-state index in [2.05, 4.69) is 42.6 Å². The Morgan fingerprint density at radius 1 is 1.27 bits per heavy atom. The van der Waals surface area contributed by atoms with Crippen molar-refractivity contribution in [1.82, 2.24) is 5.32 Å². The van der Waals surface area contributed by atoms with Gasteiger partial charge in [0, 0.05) is 18.1 Å². The maximum atomic E-state index is 6.17. The van der Waals surface area contributed by atoms with Crippen molar-refractivity contribution < 1.29 is 0 Å². The van der Waals surface area contributed by atoms with Crippen molar-refractivity contribution in [3.05, 3.63) is 35.9 Å². The summed E-state index contributed by atoms with van der Waals surface area (Å²) in [4.78, 5) is 0. The van der Waals surface area contributed by atoms with E-state index in [1.165, 1.54) is 18.4 Å². The Bertz CT molecular complexity index is 297. The lowest BCUT2D eigenvalue weighted by molar-refractivity contribution is 0.283. The lowest BCUT2D eigenvalue weighted by Crippen LogP contribution is -2.47. The van der Waals surface area contributed by atoms with E-state index in [1.54, 1.807) is 0 Å². The van der Waals surface area contributed by atoms with Gasteiger partial charge in [-0.2, -0.15) is 0 Å². The average Bonchev–Trinajstić information content (AvgIpc) is 2.31. The summed E-state index contributed by atoms with van der Waals surface area (Å²) in [5, 5.41) is 3.64.